The van der Waals surface area contributed by atoms with Gasteiger partial charge in [0.25, 0.3) is 0 Å². The first-order chi connectivity index (χ1) is 5.93. The fraction of sp³-hybridized carbons (Fsp3) is 1.00. The van der Waals surface area contributed by atoms with E-state index in [0.29, 0.717) is 25.2 Å². The van der Waals surface area contributed by atoms with E-state index >= 15 is 0 Å². The van der Waals surface area contributed by atoms with Crippen molar-refractivity contribution in [3.05, 3.63) is 0 Å². The van der Waals surface area contributed by atoms with Gasteiger partial charge in [0.05, 0.1) is 25.9 Å². The molecule has 1 rings (SSSR count). The predicted octanol–water partition coefficient (Wildman–Crippen LogP) is 2.20. The molecule has 12 heavy (non-hydrogen) atoms. The Hall–Kier alpha value is 0.210. The highest BCUT2D eigenvalue weighted by atomic mass is 35.5. The molecule has 0 atom stereocenters. The summed E-state index contributed by atoms with van der Waals surface area (Å²) in [5.74, 6) is 0.573. The Balaban J connectivity index is 1.81. The molecule has 0 amide bonds. The van der Waals surface area contributed by atoms with Gasteiger partial charge in [-0.25, -0.2) is 0 Å². The third-order valence-electron chi connectivity index (χ3n) is 2.10. The van der Waals surface area contributed by atoms with Crippen LogP contribution in [0.25, 0.3) is 0 Å². The van der Waals surface area contributed by atoms with Crippen molar-refractivity contribution < 1.29 is 9.47 Å². The standard InChI is InChI=1S/C9H17ClO2/c10-5-6-11-7-8-12-9-3-1-2-4-9/h9H,1-8H2. The Morgan fingerprint density at radius 2 is 1.83 bits per heavy atom. The van der Waals surface area contributed by atoms with Gasteiger partial charge in [0.1, 0.15) is 0 Å². The quantitative estimate of drug-likeness (QED) is 0.475. The van der Waals surface area contributed by atoms with Crippen molar-refractivity contribution in [3.63, 3.8) is 0 Å². The lowest BCUT2D eigenvalue weighted by Crippen LogP contribution is -2.13. The third kappa shape index (κ3) is 4.29. The maximum atomic E-state index is 5.58. The maximum Gasteiger partial charge on any atom is 0.0704 e. The summed E-state index contributed by atoms with van der Waals surface area (Å²) < 4.78 is 10.8. The zero-order chi connectivity index (χ0) is 8.65. The van der Waals surface area contributed by atoms with Gasteiger partial charge in [0.15, 0.2) is 0 Å². The number of rotatable bonds is 6. The van der Waals surface area contributed by atoms with Crippen LogP contribution in [0.3, 0.4) is 0 Å². The van der Waals surface area contributed by atoms with Crippen molar-refractivity contribution in [1.29, 1.82) is 0 Å². The monoisotopic (exact) mass is 192 g/mol. The molecular formula is C9H17ClO2. The lowest BCUT2D eigenvalue weighted by atomic mass is 10.3. The second-order valence-corrected chi connectivity index (χ2v) is 3.46. The molecule has 0 aliphatic heterocycles. The van der Waals surface area contributed by atoms with Crippen LogP contribution in [0.15, 0.2) is 0 Å². The Labute approximate surface area is 79.2 Å². The second-order valence-electron chi connectivity index (χ2n) is 3.08. The number of alkyl halides is 1. The first-order valence-corrected chi connectivity index (χ1v) is 5.22. The summed E-state index contributed by atoms with van der Waals surface area (Å²) in [7, 11) is 0. The lowest BCUT2D eigenvalue weighted by molar-refractivity contribution is 0.0113. The smallest absolute Gasteiger partial charge is 0.0704 e. The lowest BCUT2D eigenvalue weighted by Gasteiger charge is -2.10. The van der Waals surface area contributed by atoms with Crippen LogP contribution in [0.2, 0.25) is 0 Å². The summed E-state index contributed by atoms with van der Waals surface area (Å²) in [6, 6.07) is 0. The molecule has 0 aromatic rings. The molecule has 1 aliphatic rings. The van der Waals surface area contributed by atoms with Gasteiger partial charge in [0, 0.05) is 5.88 Å². The molecule has 0 aromatic carbocycles. The number of halogens is 1. The van der Waals surface area contributed by atoms with E-state index in [4.69, 9.17) is 21.1 Å². The summed E-state index contributed by atoms with van der Waals surface area (Å²) in [5, 5.41) is 0. The molecule has 0 saturated heterocycles. The molecule has 0 heterocycles. The molecule has 0 radical (unpaired) electrons. The zero-order valence-electron chi connectivity index (χ0n) is 7.43. The highest BCUT2D eigenvalue weighted by molar-refractivity contribution is 6.17. The zero-order valence-corrected chi connectivity index (χ0v) is 8.18. The third-order valence-corrected chi connectivity index (χ3v) is 2.26. The van der Waals surface area contributed by atoms with Crippen LogP contribution in [0.1, 0.15) is 25.7 Å². The molecule has 3 heteroatoms. The Morgan fingerprint density at radius 3 is 2.50 bits per heavy atom. The van der Waals surface area contributed by atoms with E-state index in [1.807, 2.05) is 0 Å². The van der Waals surface area contributed by atoms with Crippen LogP contribution in [0, 0.1) is 0 Å². The summed E-state index contributed by atoms with van der Waals surface area (Å²) >= 11 is 5.44. The van der Waals surface area contributed by atoms with Gasteiger partial charge in [-0.05, 0) is 12.8 Å². The molecule has 1 aliphatic carbocycles. The fourth-order valence-corrected chi connectivity index (χ4v) is 1.59. The summed E-state index contributed by atoms with van der Waals surface area (Å²) in [4.78, 5) is 0. The van der Waals surface area contributed by atoms with Crippen molar-refractivity contribution >= 4 is 11.6 Å². The first kappa shape index (κ1) is 10.3. The fourth-order valence-electron chi connectivity index (χ4n) is 1.49. The average Bonchev–Trinajstić information content (AvgIpc) is 2.57. The highest BCUT2D eigenvalue weighted by Gasteiger charge is 2.14. The minimum atomic E-state index is 0.504. The minimum absolute atomic E-state index is 0.504. The van der Waals surface area contributed by atoms with Crippen molar-refractivity contribution in [2.75, 3.05) is 25.7 Å². The van der Waals surface area contributed by atoms with E-state index < -0.39 is 0 Å². The summed E-state index contributed by atoms with van der Waals surface area (Å²) in [6.45, 7) is 2.04. The van der Waals surface area contributed by atoms with E-state index in [9.17, 15) is 0 Å². The summed E-state index contributed by atoms with van der Waals surface area (Å²) in [5.41, 5.74) is 0. The first-order valence-electron chi connectivity index (χ1n) is 4.69. The van der Waals surface area contributed by atoms with Crippen molar-refractivity contribution in [2.24, 2.45) is 0 Å². The van der Waals surface area contributed by atoms with E-state index in [2.05, 4.69) is 0 Å². The van der Waals surface area contributed by atoms with Gasteiger partial charge >= 0.3 is 0 Å². The topological polar surface area (TPSA) is 18.5 Å². The second kappa shape index (κ2) is 6.70. The van der Waals surface area contributed by atoms with E-state index in [1.165, 1.54) is 25.7 Å². The van der Waals surface area contributed by atoms with Crippen LogP contribution in [0.5, 0.6) is 0 Å². The average molecular weight is 193 g/mol. The van der Waals surface area contributed by atoms with E-state index in [0.717, 1.165) is 6.61 Å². The predicted molar refractivity (Wildman–Crippen MR) is 49.7 cm³/mol. The van der Waals surface area contributed by atoms with Crippen LogP contribution < -0.4 is 0 Å². The number of hydrogen-bond acceptors (Lipinski definition) is 2. The molecule has 1 saturated carbocycles. The van der Waals surface area contributed by atoms with Crippen molar-refractivity contribution in [2.45, 2.75) is 31.8 Å². The van der Waals surface area contributed by atoms with E-state index in [-0.39, 0.29) is 0 Å². The van der Waals surface area contributed by atoms with Gasteiger partial charge in [-0.3, -0.25) is 0 Å². The Morgan fingerprint density at radius 1 is 1.08 bits per heavy atom. The van der Waals surface area contributed by atoms with Gasteiger partial charge in [-0.2, -0.15) is 0 Å². The largest absolute Gasteiger partial charge is 0.378 e. The van der Waals surface area contributed by atoms with Crippen molar-refractivity contribution in [1.82, 2.24) is 0 Å². The molecule has 1 fully saturated rings. The van der Waals surface area contributed by atoms with Crippen LogP contribution in [-0.4, -0.2) is 31.8 Å². The number of hydrogen-bond donors (Lipinski definition) is 0. The SMILES string of the molecule is ClCCOCCOC1CCCC1. The molecule has 0 bridgehead atoms. The van der Waals surface area contributed by atoms with E-state index in [1.54, 1.807) is 0 Å². The molecule has 0 N–H and O–H groups in total. The van der Waals surface area contributed by atoms with Gasteiger partial charge in [-0.15, -0.1) is 11.6 Å². The normalized spacial score (nSPS) is 18.8. The number of ether oxygens (including phenoxy) is 2. The van der Waals surface area contributed by atoms with Crippen LogP contribution in [-0.2, 0) is 9.47 Å². The Bertz CT molecular complexity index is 103. The molecule has 0 spiro atoms. The highest BCUT2D eigenvalue weighted by Crippen LogP contribution is 2.20. The molecule has 72 valence electrons. The van der Waals surface area contributed by atoms with Crippen LogP contribution >= 0.6 is 11.6 Å². The minimum Gasteiger partial charge on any atom is -0.378 e. The van der Waals surface area contributed by atoms with Gasteiger partial charge in [0.2, 0.25) is 0 Å². The molecule has 0 aromatic heterocycles. The van der Waals surface area contributed by atoms with Crippen molar-refractivity contribution in [3.8, 4) is 0 Å². The van der Waals surface area contributed by atoms with Gasteiger partial charge in [-0.1, -0.05) is 12.8 Å². The maximum absolute atomic E-state index is 5.58. The molecular weight excluding hydrogens is 176 g/mol. The summed E-state index contributed by atoms with van der Waals surface area (Å²) in [6.07, 6.45) is 5.62. The molecule has 2 nitrogen and oxygen atoms in total. The molecule has 0 unspecified atom stereocenters. The van der Waals surface area contributed by atoms with Gasteiger partial charge < -0.3 is 9.47 Å². The van der Waals surface area contributed by atoms with Crippen LogP contribution in [0.4, 0.5) is 0 Å². The Kier molecular flexibility index (Phi) is 5.74.